The molecule has 2 unspecified atom stereocenters. The first-order chi connectivity index (χ1) is 17.6. The second kappa shape index (κ2) is 9.37. The molecule has 3 aromatic rings. The van der Waals surface area contributed by atoms with E-state index in [2.05, 4.69) is 34.5 Å². The molecule has 2 aliphatic heterocycles. The van der Waals surface area contributed by atoms with E-state index in [-0.39, 0.29) is 35.8 Å². The van der Waals surface area contributed by atoms with Gasteiger partial charge in [-0.15, -0.1) is 10.2 Å². The van der Waals surface area contributed by atoms with Crippen molar-refractivity contribution in [3.8, 4) is 17.0 Å². The molecular formula is C29H29N3O4. The highest BCUT2D eigenvalue weighted by atomic mass is 16.6. The fourth-order valence-corrected chi connectivity index (χ4v) is 6.33. The number of ketones is 1. The molecule has 36 heavy (non-hydrogen) atoms. The molecule has 0 N–H and O–H groups in total. The topological polar surface area (TPSA) is 81.6 Å². The number of aromatic nitrogens is 2. The second-order valence-electron chi connectivity index (χ2n) is 9.94. The lowest BCUT2D eigenvalue weighted by atomic mass is 9.76. The molecule has 0 radical (unpaired) electrons. The SMILES string of the molecule is COc1ccc(C(=O)C2CC3CCCC(C2)N3C(=O)OCC2c3ccccc3-c3ccccc32)nn1. The van der Waals surface area contributed by atoms with Crippen molar-refractivity contribution in [2.45, 2.75) is 50.1 Å². The molecule has 1 amide bonds. The number of benzene rings is 2. The Morgan fingerprint density at radius 1 is 0.889 bits per heavy atom. The summed E-state index contributed by atoms with van der Waals surface area (Å²) in [5, 5.41) is 8.00. The molecule has 0 saturated carbocycles. The van der Waals surface area contributed by atoms with Gasteiger partial charge < -0.3 is 14.4 Å². The van der Waals surface area contributed by atoms with E-state index in [4.69, 9.17) is 9.47 Å². The van der Waals surface area contributed by atoms with Crippen LogP contribution in [-0.2, 0) is 4.74 Å². The van der Waals surface area contributed by atoms with Crippen molar-refractivity contribution >= 4 is 11.9 Å². The summed E-state index contributed by atoms with van der Waals surface area (Å²) in [6.07, 6.45) is 3.84. The maximum atomic E-state index is 13.4. The van der Waals surface area contributed by atoms with E-state index < -0.39 is 0 Å². The maximum absolute atomic E-state index is 13.4. The molecule has 2 atom stereocenters. The van der Waals surface area contributed by atoms with Crippen LogP contribution in [-0.4, -0.2) is 52.8 Å². The lowest BCUT2D eigenvalue weighted by Gasteiger charge is -2.47. The van der Waals surface area contributed by atoms with Crippen molar-refractivity contribution in [3.05, 3.63) is 77.5 Å². The zero-order chi connectivity index (χ0) is 24.6. The van der Waals surface area contributed by atoms with Crippen LogP contribution in [0.25, 0.3) is 11.1 Å². The van der Waals surface area contributed by atoms with E-state index in [1.165, 1.54) is 29.4 Å². The van der Waals surface area contributed by atoms with Gasteiger partial charge >= 0.3 is 6.09 Å². The molecule has 2 fully saturated rings. The average molecular weight is 484 g/mol. The van der Waals surface area contributed by atoms with Crippen LogP contribution in [0, 0.1) is 5.92 Å². The summed E-state index contributed by atoms with van der Waals surface area (Å²) in [5.74, 6) is 0.248. The van der Waals surface area contributed by atoms with Gasteiger partial charge in [0, 0.05) is 30.0 Å². The molecule has 2 saturated heterocycles. The van der Waals surface area contributed by atoms with Gasteiger partial charge in [0.1, 0.15) is 12.3 Å². The van der Waals surface area contributed by atoms with Crippen molar-refractivity contribution in [2.75, 3.05) is 13.7 Å². The largest absolute Gasteiger partial charge is 0.480 e. The van der Waals surface area contributed by atoms with E-state index in [1.807, 2.05) is 29.2 Å². The fourth-order valence-electron chi connectivity index (χ4n) is 6.33. The minimum atomic E-state index is -0.262. The van der Waals surface area contributed by atoms with Gasteiger partial charge in [0.2, 0.25) is 5.88 Å². The van der Waals surface area contributed by atoms with Crippen molar-refractivity contribution in [3.63, 3.8) is 0 Å². The van der Waals surface area contributed by atoms with E-state index in [0.29, 0.717) is 31.0 Å². The Hall–Kier alpha value is -3.74. The molecule has 1 aliphatic carbocycles. The summed E-state index contributed by atoms with van der Waals surface area (Å²) < 4.78 is 11.0. The maximum Gasteiger partial charge on any atom is 0.410 e. The first-order valence-corrected chi connectivity index (χ1v) is 12.7. The van der Waals surface area contributed by atoms with Crippen LogP contribution < -0.4 is 4.74 Å². The van der Waals surface area contributed by atoms with E-state index in [9.17, 15) is 9.59 Å². The number of hydrogen-bond acceptors (Lipinski definition) is 6. The Kier molecular flexibility index (Phi) is 5.91. The Labute approximate surface area is 210 Å². The summed E-state index contributed by atoms with van der Waals surface area (Å²) in [6.45, 7) is 0.312. The van der Waals surface area contributed by atoms with Gasteiger partial charge in [-0.05, 0) is 60.4 Å². The third-order valence-electron chi connectivity index (χ3n) is 7.99. The lowest BCUT2D eigenvalue weighted by Crippen LogP contribution is -2.56. The van der Waals surface area contributed by atoms with Gasteiger partial charge in [-0.2, -0.15) is 0 Å². The number of nitrogens with zero attached hydrogens (tertiary/aromatic N) is 3. The highest BCUT2D eigenvalue weighted by molar-refractivity contribution is 5.96. The van der Waals surface area contributed by atoms with Gasteiger partial charge in [-0.25, -0.2) is 4.79 Å². The van der Waals surface area contributed by atoms with Crippen molar-refractivity contribution in [2.24, 2.45) is 5.92 Å². The molecule has 7 nitrogen and oxygen atoms in total. The number of amides is 1. The highest BCUT2D eigenvalue weighted by Gasteiger charge is 2.44. The Bertz CT molecular complexity index is 1230. The van der Waals surface area contributed by atoms with Crippen LogP contribution in [0.4, 0.5) is 4.79 Å². The summed E-state index contributed by atoms with van der Waals surface area (Å²) in [4.78, 5) is 28.5. The molecule has 7 heteroatoms. The summed E-state index contributed by atoms with van der Waals surface area (Å²) >= 11 is 0. The minimum absolute atomic E-state index is 0.00533. The zero-order valence-corrected chi connectivity index (χ0v) is 20.3. The number of Topliss-reactive ketones (excluding diaryl/α,β-unsaturated/α-hetero) is 1. The molecule has 184 valence electrons. The highest BCUT2D eigenvalue weighted by Crippen LogP contribution is 2.45. The number of ether oxygens (including phenoxy) is 2. The van der Waals surface area contributed by atoms with E-state index >= 15 is 0 Å². The molecular weight excluding hydrogens is 454 g/mol. The third-order valence-corrected chi connectivity index (χ3v) is 7.99. The number of methoxy groups -OCH3 is 1. The molecule has 2 bridgehead atoms. The predicted octanol–water partition coefficient (Wildman–Crippen LogP) is 5.25. The fraction of sp³-hybridized carbons (Fsp3) is 0.379. The van der Waals surface area contributed by atoms with E-state index in [0.717, 1.165) is 19.3 Å². The van der Waals surface area contributed by atoms with Crippen molar-refractivity contribution < 1.29 is 19.1 Å². The molecule has 3 aliphatic rings. The van der Waals surface area contributed by atoms with Crippen molar-refractivity contribution in [1.29, 1.82) is 0 Å². The third kappa shape index (κ3) is 3.92. The van der Waals surface area contributed by atoms with Gasteiger partial charge in [-0.3, -0.25) is 4.79 Å². The van der Waals surface area contributed by atoms with E-state index in [1.54, 1.807) is 12.1 Å². The molecule has 3 heterocycles. The number of carbonyl (C=O) groups is 2. The van der Waals surface area contributed by atoms with Crippen LogP contribution in [0.1, 0.15) is 59.6 Å². The van der Waals surface area contributed by atoms with Gasteiger partial charge in [0.05, 0.1) is 7.11 Å². The Balaban J connectivity index is 1.15. The molecule has 2 aromatic carbocycles. The summed E-state index contributed by atoms with van der Waals surface area (Å²) in [5.41, 5.74) is 5.20. The predicted molar refractivity (Wildman–Crippen MR) is 134 cm³/mol. The van der Waals surface area contributed by atoms with Crippen molar-refractivity contribution in [1.82, 2.24) is 15.1 Å². The lowest BCUT2D eigenvalue weighted by molar-refractivity contribution is 0.00638. The number of fused-ring (bicyclic) bond motifs is 5. The van der Waals surface area contributed by atoms with Crippen LogP contribution in [0.3, 0.4) is 0 Å². The normalized spacial score (nSPS) is 22.5. The summed E-state index contributed by atoms with van der Waals surface area (Å²) in [6, 6.07) is 20.0. The number of piperidine rings is 2. The van der Waals surface area contributed by atoms with Crippen LogP contribution in [0.2, 0.25) is 0 Å². The number of hydrogen-bond donors (Lipinski definition) is 0. The molecule has 0 spiro atoms. The first-order valence-electron chi connectivity index (χ1n) is 12.7. The molecule has 6 rings (SSSR count). The second-order valence-corrected chi connectivity index (χ2v) is 9.94. The van der Waals surface area contributed by atoms with Crippen LogP contribution in [0.15, 0.2) is 60.7 Å². The van der Waals surface area contributed by atoms with Crippen LogP contribution >= 0.6 is 0 Å². The Morgan fingerprint density at radius 3 is 2.11 bits per heavy atom. The average Bonchev–Trinajstić information content (AvgIpc) is 3.24. The monoisotopic (exact) mass is 483 g/mol. The van der Waals surface area contributed by atoms with Gasteiger partial charge in [0.25, 0.3) is 0 Å². The molecule has 1 aromatic heterocycles. The number of carbonyl (C=O) groups excluding carboxylic acids is 2. The zero-order valence-electron chi connectivity index (χ0n) is 20.3. The van der Waals surface area contributed by atoms with Gasteiger partial charge in [0.15, 0.2) is 5.78 Å². The van der Waals surface area contributed by atoms with Crippen LogP contribution in [0.5, 0.6) is 5.88 Å². The Morgan fingerprint density at radius 2 is 1.53 bits per heavy atom. The smallest absolute Gasteiger partial charge is 0.410 e. The van der Waals surface area contributed by atoms with Gasteiger partial charge in [-0.1, -0.05) is 48.5 Å². The number of rotatable bonds is 5. The first kappa shape index (κ1) is 22.7. The quantitative estimate of drug-likeness (QED) is 0.461. The minimum Gasteiger partial charge on any atom is -0.480 e. The summed E-state index contributed by atoms with van der Waals surface area (Å²) in [7, 11) is 1.52. The standard InChI is InChI=1S/C29H29N3O4/c1-35-27-14-13-26(30-31-27)28(33)18-15-19-7-6-8-20(16-18)32(19)29(34)36-17-25-23-11-4-2-9-21(23)22-10-3-5-12-24(22)25/h2-5,9-14,18-20,25H,6-8,15-17H2,1H3.